The third kappa shape index (κ3) is 8.25. The Morgan fingerprint density at radius 2 is 1.91 bits per heavy atom. The van der Waals surface area contributed by atoms with Crippen molar-refractivity contribution in [2.24, 2.45) is 11.8 Å². The molecule has 3 N–H and O–H groups in total. The first-order valence-electron chi connectivity index (χ1n) is 12.9. The highest BCUT2D eigenvalue weighted by molar-refractivity contribution is 6.30. The molecule has 2 fully saturated rings. The molecule has 1 aliphatic heterocycles. The molecule has 1 saturated heterocycles. The van der Waals surface area contributed by atoms with Crippen LogP contribution in [0.2, 0.25) is 5.02 Å². The van der Waals surface area contributed by atoms with Crippen molar-refractivity contribution in [3.05, 3.63) is 34.9 Å². The maximum absolute atomic E-state index is 13.2. The van der Waals surface area contributed by atoms with Gasteiger partial charge >= 0.3 is 12.2 Å². The Balaban J connectivity index is 1.71. The molecule has 0 radical (unpaired) electrons. The summed E-state index contributed by atoms with van der Waals surface area (Å²) in [6.07, 6.45) is 2.22. The normalized spacial score (nSPS) is 22.5. The molecular weight excluding hydrogens is 479 g/mol. The Bertz CT molecular complexity index is 819. The van der Waals surface area contributed by atoms with Crippen LogP contribution in [0.5, 0.6) is 0 Å². The van der Waals surface area contributed by atoms with E-state index in [9.17, 15) is 23.1 Å². The fourth-order valence-corrected chi connectivity index (χ4v) is 5.95. The van der Waals surface area contributed by atoms with Gasteiger partial charge in [-0.3, -0.25) is 0 Å². The molecule has 3 atom stereocenters. The maximum Gasteiger partial charge on any atom is 0.389 e. The van der Waals surface area contributed by atoms with Gasteiger partial charge in [0.2, 0.25) is 0 Å². The van der Waals surface area contributed by atoms with Crippen LogP contribution < -0.4 is 10.6 Å². The number of likely N-dealkylation sites (N-methyl/N-ethyl adjacent to an activating group) is 1. The second-order valence-corrected chi connectivity index (χ2v) is 10.7. The average molecular weight is 518 g/mol. The molecule has 1 aliphatic carbocycles. The summed E-state index contributed by atoms with van der Waals surface area (Å²) in [6, 6.07) is 6.20. The van der Waals surface area contributed by atoms with E-state index in [0.717, 1.165) is 6.42 Å². The Morgan fingerprint density at radius 1 is 1.17 bits per heavy atom. The summed E-state index contributed by atoms with van der Waals surface area (Å²) in [5.41, 5.74) is -1.36. The predicted molar refractivity (Wildman–Crippen MR) is 132 cm³/mol. The maximum atomic E-state index is 13.2. The van der Waals surface area contributed by atoms with Crippen molar-refractivity contribution >= 4 is 17.6 Å². The molecule has 0 bridgehead atoms. The third-order valence-corrected chi connectivity index (χ3v) is 7.85. The van der Waals surface area contributed by atoms with Crippen LogP contribution in [-0.2, 0) is 5.60 Å². The molecular formula is C26H39ClF3N3O2. The van der Waals surface area contributed by atoms with E-state index in [0.29, 0.717) is 42.4 Å². The largest absolute Gasteiger partial charge is 0.389 e. The lowest BCUT2D eigenvalue weighted by molar-refractivity contribution is -0.155. The van der Waals surface area contributed by atoms with E-state index in [1.807, 2.05) is 7.05 Å². The van der Waals surface area contributed by atoms with Gasteiger partial charge in [0.15, 0.2) is 0 Å². The minimum absolute atomic E-state index is 0.00646. The smallest absolute Gasteiger partial charge is 0.385 e. The zero-order valence-electron chi connectivity index (χ0n) is 20.5. The summed E-state index contributed by atoms with van der Waals surface area (Å²) >= 11 is 6.11. The summed E-state index contributed by atoms with van der Waals surface area (Å²) in [5, 5.41) is 18.3. The first-order valence-corrected chi connectivity index (χ1v) is 13.2. The van der Waals surface area contributed by atoms with E-state index < -0.39 is 30.5 Å². The van der Waals surface area contributed by atoms with Crippen LogP contribution in [0.3, 0.4) is 0 Å². The highest BCUT2D eigenvalue weighted by Crippen LogP contribution is 2.42. The summed E-state index contributed by atoms with van der Waals surface area (Å²) in [7, 11) is 1.86. The van der Waals surface area contributed by atoms with Gasteiger partial charge in [-0.1, -0.05) is 55.8 Å². The van der Waals surface area contributed by atoms with Gasteiger partial charge in [-0.2, -0.15) is 13.2 Å². The first-order chi connectivity index (χ1) is 16.6. The number of alkyl halides is 3. The van der Waals surface area contributed by atoms with Gasteiger partial charge in [-0.15, -0.1) is 0 Å². The van der Waals surface area contributed by atoms with Crippen molar-refractivity contribution in [2.45, 2.75) is 82.0 Å². The number of amides is 2. The number of likely N-dealkylation sites (tertiary alicyclic amines) is 1. The molecule has 1 unspecified atom stereocenters. The van der Waals surface area contributed by atoms with E-state index in [2.05, 4.69) is 10.6 Å². The summed E-state index contributed by atoms with van der Waals surface area (Å²) in [4.78, 5) is 14.9. The number of hydrogen-bond donors (Lipinski definition) is 3. The van der Waals surface area contributed by atoms with E-state index in [-0.39, 0.29) is 18.6 Å². The molecule has 198 valence electrons. The monoisotopic (exact) mass is 517 g/mol. The second kappa shape index (κ2) is 12.6. The number of carbonyl (C=O) groups is 1. The molecule has 9 heteroatoms. The summed E-state index contributed by atoms with van der Waals surface area (Å²) in [6.45, 7) is 1.38. The number of carbonyl (C=O) groups excluding carboxylic acids is 1. The molecule has 1 saturated carbocycles. The lowest BCUT2D eigenvalue weighted by atomic mass is 9.74. The third-order valence-electron chi connectivity index (χ3n) is 7.62. The van der Waals surface area contributed by atoms with E-state index in [1.54, 1.807) is 23.1 Å². The minimum atomic E-state index is -4.39. The van der Waals surface area contributed by atoms with Crippen molar-refractivity contribution in [1.29, 1.82) is 0 Å². The number of halogens is 4. The predicted octanol–water partition coefficient (Wildman–Crippen LogP) is 5.85. The van der Waals surface area contributed by atoms with Crippen LogP contribution in [-0.4, -0.2) is 54.9 Å². The van der Waals surface area contributed by atoms with Crippen molar-refractivity contribution < 1.29 is 23.1 Å². The molecule has 0 spiro atoms. The van der Waals surface area contributed by atoms with Crippen LogP contribution in [0.4, 0.5) is 18.0 Å². The minimum Gasteiger partial charge on any atom is -0.385 e. The molecule has 1 aromatic carbocycles. The highest BCUT2D eigenvalue weighted by atomic mass is 35.5. The quantitative estimate of drug-likeness (QED) is 0.385. The summed E-state index contributed by atoms with van der Waals surface area (Å²) in [5.74, 6) is 0.0794. The van der Waals surface area contributed by atoms with E-state index in [1.165, 1.54) is 38.2 Å². The average Bonchev–Trinajstić information content (AvgIpc) is 2.83. The highest BCUT2D eigenvalue weighted by Gasteiger charge is 2.44. The number of hydrogen-bond acceptors (Lipinski definition) is 3. The van der Waals surface area contributed by atoms with Gasteiger partial charge in [0, 0.05) is 43.0 Å². The Hall–Kier alpha value is -1.51. The molecule has 5 nitrogen and oxygen atoms in total. The SMILES string of the molecule is CNC[C@H](CC1CCCCC1)NC(=O)N1CCCC([C@@](O)(CCC(F)(F)F)c2cccc(Cl)c2)C1. The first kappa shape index (κ1) is 28.1. The number of rotatable bonds is 9. The van der Waals surface area contributed by atoms with E-state index >= 15 is 0 Å². The van der Waals surface area contributed by atoms with Crippen molar-refractivity contribution in [3.63, 3.8) is 0 Å². The fourth-order valence-electron chi connectivity index (χ4n) is 5.76. The molecule has 2 amide bonds. The number of piperidine rings is 1. The number of nitrogens with zero attached hydrogens (tertiary/aromatic N) is 1. The molecule has 1 aromatic rings. The lowest BCUT2D eigenvalue weighted by Gasteiger charge is -2.43. The van der Waals surface area contributed by atoms with Crippen LogP contribution in [0.15, 0.2) is 24.3 Å². The Labute approximate surface area is 211 Å². The van der Waals surface area contributed by atoms with Crippen molar-refractivity contribution in [1.82, 2.24) is 15.5 Å². The topological polar surface area (TPSA) is 64.6 Å². The number of nitrogens with one attached hydrogen (secondary N) is 2. The Morgan fingerprint density at radius 3 is 2.57 bits per heavy atom. The number of urea groups is 1. The van der Waals surface area contributed by atoms with Crippen molar-refractivity contribution in [2.75, 3.05) is 26.7 Å². The second-order valence-electron chi connectivity index (χ2n) is 10.3. The van der Waals surface area contributed by atoms with Gasteiger partial charge in [0.05, 0.1) is 5.60 Å². The van der Waals surface area contributed by atoms with Gasteiger partial charge < -0.3 is 20.6 Å². The standard InChI is InChI=1S/C26H39ClF3N3O2/c1-31-17-23(15-19-7-3-2-4-8-19)32-24(34)33-14-6-10-21(18-33)25(35,12-13-26(28,29)30)20-9-5-11-22(27)16-20/h5,9,11,16,19,21,23,31,35H,2-4,6-8,10,12-15,17-18H2,1H3,(H,32,34)/t21?,23-,25+/m0/s1. The van der Waals surface area contributed by atoms with Gasteiger partial charge in [-0.25, -0.2) is 4.79 Å². The zero-order valence-corrected chi connectivity index (χ0v) is 21.3. The Kier molecular flexibility index (Phi) is 10.1. The molecule has 35 heavy (non-hydrogen) atoms. The van der Waals surface area contributed by atoms with Crippen LogP contribution >= 0.6 is 11.6 Å². The molecule has 1 heterocycles. The lowest BCUT2D eigenvalue weighted by Crippen LogP contribution is -2.54. The van der Waals surface area contributed by atoms with Crippen LogP contribution in [0.25, 0.3) is 0 Å². The van der Waals surface area contributed by atoms with Crippen molar-refractivity contribution in [3.8, 4) is 0 Å². The van der Waals surface area contributed by atoms with E-state index in [4.69, 9.17) is 11.6 Å². The molecule has 0 aromatic heterocycles. The molecule has 2 aliphatic rings. The van der Waals surface area contributed by atoms with Gasteiger partial charge in [-0.05, 0) is 56.3 Å². The van der Waals surface area contributed by atoms with Gasteiger partial charge in [0.1, 0.15) is 0 Å². The number of benzene rings is 1. The molecule has 3 rings (SSSR count). The van der Waals surface area contributed by atoms with Crippen LogP contribution in [0.1, 0.15) is 69.8 Å². The zero-order chi connectivity index (χ0) is 25.5. The fraction of sp³-hybridized carbons (Fsp3) is 0.731. The van der Waals surface area contributed by atoms with Gasteiger partial charge in [0.25, 0.3) is 0 Å². The number of aliphatic hydroxyl groups is 1. The van der Waals surface area contributed by atoms with Crippen LogP contribution in [0, 0.1) is 11.8 Å². The summed E-state index contributed by atoms with van der Waals surface area (Å²) < 4.78 is 39.4.